The van der Waals surface area contributed by atoms with E-state index in [-0.39, 0.29) is 6.04 Å². The van der Waals surface area contributed by atoms with E-state index in [4.69, 9.17) is 15.3 Å². The molecule has 0 aliphatic heterocycles. The Morgan fingerprint density at radius 2 is 2.11 bits per heavy atom. The van der Waals surface area contributed by atoms with Crippen LogP contribution in [0.4, 0.5) is 0 Å². The summed E-state index contributed by atoms with van der Waals surface area (Å²) in [7, 11) is 1.71. The van der Waals surface area contributed by atoms with Crippen molar-refractivity contribution in [2.75, 3.05) is 20.3 Å². The minimum atomic E-state index is 0.282. The van der Waals surface area contributed by atoms with Crippen molar-refractivity contribution in [1.29, 1.82) is 0 Å². The van der Waals surface area contributed by atoms with E-state index in [2.05, 4.69) is 18.4 Å². The molecular weight excluding hydrogens is 228 g/mol. The van der Waals surface area contributed by atoms with Gasteiger partial charge in [-0.15, -0.1) is 0 Å². The molecule has 0 radical (unpaired) electrons. The summed E-state index contributed by atoms with van der Waals surface area (Å²) in [5.74, 6) is 6.43. The quantitative estimate of drug-likeness (QED) is 0.401. The van der Waals surface area contributed by atoms with Gasteiger partial charge in [0.1, 0.15) is 5.75 Å². The Balaban J connectivity index is 2.22. The summed E-state index contributed by atoms with van der Waals surface area (Å²) >= 11 is 0. The molecule has 3 N–H and O–H groups in total. The Labute approximate surface area is 109 Å². The standard InChI is InChI=1S/C14H24N2O2/c1-12-5-3-7-14(11-12)18-10-8-13(16-15)6-4-9-17-2/h3,5,7,11,13,16H,4,6,8-10,15H2,1-2H3. The van der Waals surface area contributed by atoms with E-state index >= 15 is 0 Å². The summed E-state index contributed by atoms with van der Waals surface area (Å²) in [6.45, 7) is 3.50. The minimum absolute atomic E-state index is 0.282. The Kier molecular flexibility index (Phi) is 7.41. The summed E-state index contributed by atoms with van der Waals surface area (Å²) in [6, 6.07) is 8.35. The van der Waals surface area contributed by atoms with Gasteiger partial charge in [-0.2, -0.15) is 0 Å². The summed E-state index contributed by atoms with van der Waals surface area (Å²) in [5.41, 5.74) is 4.03. The maximum Gasteiger partial charge on any atom is 0.119 e. The third-order valence-corrected chi connectivity index (χ3v) is 2.86. The van der Waals surface area contributed by atoms with Crippen molar-refractivity contribution < 1.29 is 9.47 Å². The molecule has 18 heavy (non-hydrogen) atoms. The first-order valence-corrected chi connectivity index (χ1v) is 6.40. The molecule has 1 unspecified atom stereocenters. The minimum Gasteiger partial charge on any atom is -0.494 e. The van der Waals surface area contributed by atoms with Gasteiger partial charge in [-0.05, 0) is 43.9 Å². The van der Waals surface area contributed by atoms with E-state index in [1.54, 1.807) is 7.11 Å². The molecule has 0 saturated carbocycles. The van der Waals surface area contributed by atoms with Gasteiger partial charge in [0.25, 0.3) is 0 Å². The normalized spacial score (nSPS) is 12.4. The molecule has 1 aromatic carbocycles. The molecule has 1 rings (SSSR count). The number of hydrogen-bond acceptors (Lipinski definition) is 4. The second-order valence-corrected chi connectivity index (χ2v) is 4.45. The van der Waals surface area contributed by atoms with Gasteiger partial charge < -0.3 is 9.47 Å². The second kappa shape index (κ2) is 8.91. The van der Waals surface area contributed by atoms with E-state index in [1.807, 2.05) is 18.2 Å². The SMILES string of the molecule is COCCCC(CCOc1cccc(C)c1)NN. The highest BCUT2D eigenvalue weighted by atomic mass is 16.5. The van der Waals surface area contributed by atoms with E-state index in [9.17, 15) is 0 Å². The Bertz CT molecular complexity index is 331. The first-order valence-electron chi connectivity index (χ1n) is 6.40. The molecule has 0 spiro atoms. The lowest BCUT2D eigenvalue weighted by Crippen LogP contribution is -2.36. The lowest BCUT2D eigenvalue weighted by molar-refractivity contribution is 0.185. The number of rotatable bonds is 9. The van der Waals surface area contributed by atoms with Crippen molar-refractivity contribution in [3.8, 4) is 5.75 Å². The van der Waals surface area contributed by atoms with Gasteiger partial charge in [0, 0.05) is 19.8 Å². The van der Waals surface area contributed by atoms with Crippen LogP contribution in [0.5, 0.6) is 5.75 Å². The summed E-state index contributed by atoms with van der Waals surface area (Å²) in [5, 5.41) is 0. The summed E-state index contributed by atoms with van der Waals surface area (Å²) < 4.78 is 10.7. The number of nitrogens with two attached hydrogens (primary N) is 1. The maximum absolute atomic E-state index is 5.70. The lowest BCUT2D eigenvalue weighted by atomic mass is 10.1. The third-order valence-electron chi connectivity index (χ3n) is 2.86. The van der Waals surface area contributed by atoms with E-state index in [0.29, 0.717) is 6.61 Å². The van der Waals surface area contributed by atoms with Gasteiger partial charge in [0.2, 0.25) is 0 Å². The molecule has 0 bridgehead atoms. The summed E-state index contributed by atoms with van der Waals surface area (Å²) in [6.07, 6.45) is 2.91. The molecule has 102 valence electrons. The van der Waals surface area contributed by atoms with E-state index < -0.39 is 0 Å². The van der Waals surface area contributed by atoms with E-state index in [1.165, 1.54) is 5.56 Å². The van der Waals surface area contributed by atoms with Crippen LogP contribution < -0.4 is 16.0 Å². The molecule has 4 heteroatoms. The first-order chi connectivity index (χ1) is 8.76. The number of methoxy groups -OCH3 is 1. The van der Waals surface area contributed by atoms with Crippen molar-refractivity contribution in [2.24, 2.45) is 5.84 Å². The predicted molar refractivity (Wildman–Crippen MR) is 73.5 cm³/mol. The van der Waals surface area contributed by atoms with Crippen LogP contribution in [0, 0.1) is 6.92 Å². The van der Waals surface area contributed by atoms with Crippen LogP contribution in [-0.4, -0.2) is 26.4 Å². The van der Waals surface area contributed by atoms with Crippen molar-refractivity contribution in [3.63, 3.8) is 0 Å². The molecular formula is C14H24N2O2. The van der Waals surface area contributed by atoms with Crippen LogP contribution in [-0.2, 0) is 4.74 Å². The highest BCUT2D eigenvalue weighted by molar-refractivity contribution is 5.27. The highest BCUT2D eigenvalue weighted by Gasteiger charge is 2.06. The van der Waals surface area contributed by atoms with Crippen molar-refractivity contribution >= 4 is 0 Å². The molecule has 0 fully saturated rings. The summed E-state index contributed by atoms with van der Waals surface area (Å²) in [4.78, 5) is 0. The Morgan fingerprint density at radius 1 is 1.28 bits per heavy atom. The monoisotopic (exact) mass is 252 g/mol. The average Bonchev–Trinajstić information content (AvgIpc) is 2.37. The number of aryl methyl sites for hydroxylation is 1. The smallest absolute Gasteiger partial charge is 0.119 e. The fourth-order valence-corrected chi connectivity index (χ4v) is 1.81. The zero-order chi connectivity index (χ0) is 13.2. The number of benzene rings is 1. The molecule has 0 saturated heterocycles. The van der Waals surface area contributed by atoms with Crippen LogP contribution in [0.3, 0.4) is 0 Å². The van der Waals surface area contributed by atoms with E-state index in [0.717, 1.165) is 31.6 Å². The largest absolute Gasteiger partial charge is 0.494 e. The molecule has 1 atom stereocenters. The van der Waals surface area contributed by atoms with Crippen LogP contribution >= 0.6 is 0 Å². The molecule has 0 aromatic heterocycles. The van der Waals surface area contributed by atoms with Crippen LogP contribution in [0.2, 0.25) is 0 Å². The number of nitrogens with one attached hydrogen (secondary N) is 1. The molecule has 4 nitrogen and oxygen atoms in total. The zero-order valence-corrected chi connectivity index (χ0v) is 11.3. The zero-order valence-electron chi connectivity index (χ0n) is 11.3. The third kappa shape index (κ3) is 6.00. The molecule has 0 aliphatic rings. The van der Waals surface area contributed by atoms with Crippen LogP contribution in [0.25, 0.3) is 0 Å². The molecule has 0 aliphatic carbocycles. The highest BCUT2D eigenvalue weighted by Crippen LogP contribution is 2.13. The maximum atomic E-state index is 5.70. The van der Waals surface area contributed by atoms with Gasteiger partial charge in [0.15, 0.2) is 0 Å². The van der Waals surface area contributed by atoms with Crippen LogP contribution in [0.15, 0.2) is 24.3 Å². The van der Waals surface area contributed by atoms with Gasteiger partial charge in [0.05, 0.1) is 6.61 Å². The van der Waals surface area contributed by atoms with Gasteiger partial charge in [-0.1, -0.05) is 12.1 Å². The second-order valence-electron chi connectivity index (χ2n) is 4.45. The Hall–Kier alpha value is -1.10. The molecule has 0 heterocycles. The fourth-order valence-electron chi connectivity index (χ4n) is 1.81. The number of hydrogen-bond donors (Lipinski definition) is 2. The fraction of sp³-hybridized carbons (Fsp3) is 0.571. The number of hydrazine groups is 1. The first kappa shape index (κ1) is 15.0. The van der Waals surface area contributed by atoms with Crippen molar-refractivity contribution in [2.45, 2.75) is 32.2 Å². The van der Waals surface area contributed by atoms with Gasteiger partial charge in [-0.3, -0.25) is 11.3 Å². The average molecular weight is 252 g/mol. The number of ether oxygens (including phenoxy) is 2. The van der Waals surface area contributed by atoms with Gasteiger partial charge >= 0.3 is 0 Å². The Morgan fingerprint density at radius 3 is 2.78 bits per heavy atom. The predicted octanol–water partition coefficient (Wildman–Crippen LogP) is 2.02. The van der Waals surface area contributed by atoms with Crippen molar-refractivity contribution in [3.05, 3.63) is 29.8 Å². The van der Waals surface area contributed by atoms with Crippen LogP contribution in [0.1, 0.15) is 24.8 Å². The molecule has 1 aromatic rings. The van der Waals surface area contributed by atoms with Gasteiger partial charge in [-0.25, -0.2) is 0 Å². The topological polar surface area (TPSA) is 56.5 Å². The lowest BCUT2D eigenvalue weighted by Gasteiger charge is -2.16. The van der Waals surface area contributed by atoms with Crippen molar-refractivity contribution in [1.82, 2.24) is 5.43 Å². The molecule has 0 amide bonds.